The number of nitrogens with one attached hydrogen (secondary N) is 4. The monoisotopic (exact) mass is 853 g/mol. The molecule has 5 rings (SSSR count). The Morgan fingerprint density at radius 1 is 0.758 bits per heavy atom. The number of aromatic nitrogens is 2. The second-order valence-electron chi connectivity index (χ2n) is 16.4. The van der Waals surface area contributed by atoms with E-state index in [1.807, 2.05) is 48.5 Å². The second-order valence-corrected chi connectivity index (χ2v) is 16.4. The number of carboxylic acids is 1. The maximum Gasteiger partial charge on any atom is 0.407 e. The summed E-state index contributed by atoms with van der Waals surface area (Å²) in [4.78, 5) is 93.5. The number of aliphatic carboxylic acids is 1. The minimum absolute atomic E-state index is 0.0256. The van der Waals surface area contributed by atoms with Crippen molar-refractivity contribution in [2.75, 3.05) is 31.6 Å². The second kappa shape index (κ2) is 19.9. The Bertz CT molecular complexity index is 2290. The lowest BCUT2D eigenvalue weighted by atomic mass is 9.98. The lowest BCUT2D eigenvalue weighted by molar-refractivity contribution is -0.144. The van der Waals surface area contributed by atoms with Crippen LogP contribution in [0.25, 0.3) is 11.1 Å². The van der Waals surface area contributed by atoms with Crippen LogP contribution in [0.1, 0.15) is 80.1 Å². The Labute approximate surface area is 357 Å². The molecule has 0 saturated carbocycles. The van der Waals surface area contributed by atoms with Crippen molar-refractivity contribution in [1.82, 2.24) is 30.4 Å². The molecule has 0 aliphatic heterocycles. The van der Waals surface area contributed by atoms with Crippen LogP contribution < -0.4 is 27.0 Å². The van der Waals surface area contributed by atoms with E-state index < -0.39 is 66.0 Å². The van der Waals surface area contributed by atoms with Gasteiger partial charge in [0.2, 0.25) is 5.91 Å². The quantitative estimate of drug-likeness (QED) is 0.0995. The molecule has 1 aromatic heterocycles. The molecular weight excluding hydrogens is 803 g/mol. The highest BCUT2D eigenvalue weighted by molar-refractivity contribution is 6.04. The molecule has 328 valence electrons. The number of hydrogen-bond acceptors (Lipinski definition) is 11. The Balaban J connectivity index is 1.18. The molecule has 5 amide bonds. The van der Waals surface area contributed by atoms with Crippen LogP contribution in [0.2, 0.25) is 0 Å². The lowest BCUT2D eigenvalue weighted by Gasteiger charge is -2.21. The fourth-order valence-electron chi connectivity index (χ4n) is 6.53. The summed E-state index contributed by atoms with van der Waals surface area (Å²) in [6, 6.07) is 21.7. The third kappa shape index (κ3) is 13.4. The Morgan fingerprint density at radius 2 is 1.31 bits per heavy atom. The Kier molecular flexibility index (Phi) is 14.7. The molecule has 1 heterocycles. The number of carboxylic acid groups (broad SMARTS) is 1. The molecular formula is C44H51N7O11. The highest BCUT2D eigenvalue weighted by atomic mass is 16.6. The molecule has 18 heteroatoms. The van der Waals surface area contributed by atoms with Gasteiger partial charge in [-0.15, -0.1) is 0 Å². The van der Waals surface area contributed by atoms with Crippen molar-refractivity contribution >= 4 is 41.9 Å². The summed E-state index contributed by atoms with van der Waals surface area (Å²) in [6.45, 7) is 8.69. The molecule has 0 saturated heterocycles. The number of alkyl carbamates (subject to hydrolysis) is 3. The van der Waals surface area contributed by atoms with Gasteiger partial charge in [-0.2, -0.15) is 4.98 Å². The van der Waals surface area contributed by atoms with E-state index in [1.165, 1.54) is 24.4 Å². The number of ether oxygens (including phenoxy) is 3. The van der Waals surface area contributed by atoms with E-state index in [4.69, 9.17) is 14.2 Å². The van der Waals surface area contributed by atoms with E-state index in [1.54, 1.807) is 47.6 Å². The van der Waals surface area contributed by atoms with Crippen molar-refractivity contribution < 1.29 is 48.1 Å². The SMILES string of the molecule is CC(C)(C)OC(=O)NCc1cc(CNC(=O)OC(C)(C)C)cc(C(=O)Nc2ccn(CC(=O)N(CCNC(=O)OCC3c4ccccc4-c4ccccc43)CC(=O)O)c(=O)n2)c1. The standard InChI is InChI=1S/C44H51N7O11/c1-43(2,3)61-41(58)46-22-27-19-28(23-47-42(59)62-44(4,5)6)21-29(20-27)38(55)48-35-15-17-51(39(56)49-35)24-36(52)50(25-37(53)54)18-16-45-40(57)60-26-34-32-13-9-7-11-30(32)31-12-8-10-14-33(31)34/h7-15,17,19-21,34H,16,18,22-26H2,1-6H3,(H,45,57)(H,46,58)(H,47,59)(H,53,54)(H,48,49,55,56). The maximum absolute atomic E-state index is 13.5. The van der Waals surface area contributed by atoms with Gasteiger partial charge in [-0.25, -0.2) is 19.2 Å². The zero-order valence-electron chi connectivity index (χ0n) is 35.4. The number of carbonyl (C=O) groups excluding carboxylic acids is 5. The summed E-state index contributed by atoms with van der Waals surface area (Å²) >= 11 is 0. The van der Waals surface area contributed by atoms with Crippen LogP contribution in [0, 0.1) is 0 Å². The van der Waals surface area contributed by atoms with Crippen LogP contribution in [0.15, 0.2) is 83.8 Å². The number of rotatable bonds is 15. The number of nitrogens with zero attached hydrogens (tertiary/aromatic N) is 3. The average Bonchev–Trinajstić information content (AvgIpc) is 3.51. The first-order valence-corrected chi connectivity index (χ1v) is 19.8. The number of amides is 5. The van der Waals surface area contributed by atoms with Gasteiger partial charge in [0.05, 0.1) is 0 Å². The fourth-order valence-corrected chi connectivity index (χ4v) is 6.53. The minimum Gasteiger partial charge on any atom is -0.480 e. The van der Waals surface area contributed by atoms with Gasteiger partial charge in [0.25, 0.3) is 5.91 Å². The number of fused-ring (bicyclic) bond motifs is 3. The van der Waals surface area contributed by atoms with Gasteiger partial charge in [0, 0.05) is 43.9 Å². The van der Waals surface area contributed by atoms with Crippen LogP contribution in [-0.4, -0.2) is 93.1 Å². The predicted molar refractivity (Wildman–Crippen MR) is 226 cm³/mol. The molecule has 1 aliphatic rings. The molecule has 1 aliphatic carbocycles. The van der Waals surface area contributed by atoms with Gasteiger partial charge < -0.3 is 45.5 Å². The topological polar surface area (TPSA) is 237 Å². The van der Waals surface area contributed by atoms with Gasteiger partial charge in [0.1, 0.15) is 36.7 Å². The van der Waals surface area contributed by atoms with Gasteiger partial charge in [0.15, 0.2) is 0 Å². The van der Waals surface area contributed by atoms with Gasteiger partial charge in [-0.05, 0) is 93.1 Å². The normalized spacial score (nSPS) is 12.0. The first kappa shape index (κ1) is 45.8. The van der Waals surface area contributed by atoms with Crippen LogP contribution in [0.4, 0.5) is 20.2 Å². The fraction of sp³-hybridized carbons (Fsp3) is 0.364. The molecule has 3 aromatic carbocycles. The zero-order valence-corrected chi connectivity index (χ0v) is 35.4. The van der Waals surface area contributed by atoms with Crippen molar-refractivity contribution in [3.8, 4) is 11.1 Å². The van der Waals surface area contributed by atoms with Crippen molar-refractivity contribution in [3.05, 3.63) is 117 Å². The molecule has 62 heavy (non-hydrogen) atoms. The van der Waals surface area contributed by atoms with Crippen molar-refractivity contribution in [1.29, 1.82) is 0 Å². The summed E-state index contributed by atoms with van der Waals surface area (Å²) in [5.74, 6) is -3.05. The summed E-state index contributed by atoms with van der Waals surface area (Å²) in [5, 5.41) is 19.8. The van der Waals surface area contributed by atoms with E-state index >= 15 is 0 Å². The van der Waals surface area contributed by atoms with Gasteiger partial charge in [-0.3, -0.25) is 19.0 Å². The summed E-state index contributed by atoms with van der Waals surface area (Å²) in [5.41, 5.74) is 2.91. The van der Waals surface area contributed by atoms with E-state index in [2.05, 4.69) is 26.3 Å². The predicted octanol–water partition coefficient (Wildman–Crippen LogP) is 5.00. The molecule has 0 fully saturated rings. The molecule has 18 nitrogen and oxygen atoms in total. The van der Waals surface area contributed by atoms with Crippen molar-refractivity contribution in [2.24, 2.45) is 0 Å². The maximum atomic E-state index is 13.5. The number of carbonyl (C=O) groups is 6. The van der Waals surface area contributed by atoms with Gasteiger partial charge >= 0.3 is 29.9 Å². The summed E-state index contributed by atoms with van der Waals surface area (Å²) in [6.07, 6.45) is -0.889. The third-order valence-corrected chi connectivity index (χ3v) is 9.08. The minimum atomic E-state index is -1.31. The van der Waals surface area contributed by atoms with Crippen LogP contribution in [0.3, 0.4) is 0 Å². The van der Waals surface area contributed by atoms with E-state index in [0.29, 0.717) is 11.1 Å². The Hall–Kier alpha value is -7.24. The van der Waals surface area contributed by atoms with Crippen LogP contribution >= 0.6 is 0 Å². The molecule has 0 atom stereocenters. The summed E-state index contributed by atoms with van der Waals surface area (Å²) in [7, 11) is 0. The number of benzene rings is 3. The van der Waals surface area contributed by atoms with Crippen LogP contribution in [-0.2, 0) is 43.4 Å². The van der Waals surface area contributed by atoms with Crippen molar-refractivity contribution in [3.63, 3.8) is 0 Å². The zero-order chi connectivity index (χ0) is 45.2. The lowest BCUT2D eigenvalue weighted by Crippen LogP contribution is -2.44. The smallest absolute Gasteiger partial charge is 0.407 e. The Morgan fingerprint density at radius 3 is 1.82 bits per heavy atom. The molecule has 4 aromatic rings. The van der Waals surface area contributed by atoms with Crippen LogP contribution in [0.5, 0.6) is 0 Å². The summed E-state index contributed by atoms with van der Waals surface area (Å²) < 4.78 is 17.1. The largest absolute Gasteiger partial charge is 0.480 e. The average molecular weight is 854 g/mol. The first-order chi connectivity index (χ1) is 29.2. The van der Waals surface area contributed by atoms with Crippen molar-refractivity contribution in [2.45, 2.75) is 78.3 Å². The van der Waals surface area contributed by atoms with E-state index in [0.717, 1.165) is 31.7 Å². The molecule has 0 spiro atoms. The highest BCUT2D eigenvalue weighted by Crippen LogP contribution is 2.44. The first-order valence-electron chi connectivity index (χ1n) is 19.8. The third-order valence-electron chi connectivity index (χ3n) is 9.08. The van der Waals surface area contributed by atoms with E-state index in [9.17, 15) is 38.7 Å². The van der Waals surface area contributed by atoms with E-state index in [-0.39, 0.29) is 50.1 Å². The molecule has 0 bridgehead atoms. The number of anilines is 1. The molecule has 0 unspecified atom stereocenters. The highest BCUT2D eigenvalue weighted by Gasteiger charge is 2.29. The number of hydrogen-bond donors (Lipinski definition) is 5. The van der Waals surface area contributed by atoms with Gasteiger partial charge in [-0.1, -0.05) is 54.6 Å². The molecule has 5 N–H and O–H groups in total. The molecule has 0 radical (unpaired) electrons.